The number of carboxylic acids is 1. The SMILES string of the molecule is O=C(O)C(c1cccc(Cl)c1Cl)N1CCN(c2cnccn2)CC1. The van der Waals surface area contributed by atoms with Gasteiger partial charge in [0, 0.05) is 44.1 Å². The van der Waals surface area contributed by atoms with E-state index in [0.29, 0.717) is 41.8 Å². The maximum absolute atomic E-state index is 11.8. The number of aromatic nitrogens is 2. The molecule has 8 heteroatoms. The van der Waals surface area contributed by atoms with E-state index in [-0.39, 0.29) is 0 Å². The van der Waals surface area contributed by atoms with Gasteiger partial charge in [-0.05, 0) is 6.07 Å². The van der Waals surface area contributed by atoms with Crippen molar-refractivity contribution in [3.63, 3.8) is 0 Å². The number of carboxylic acid groups (broad SMARTS) is 1. The molecule has 1 aromatic heterocycles. The smallest absolute Gasteiger partial charge is 0.325 e. The number of nitrogens with zero attached hydrogens (tertiary/aromatic N) is 4. The lowest BCUT2D eigenvalue weighted by Crippen LogP contribution is -2.49. The molecule has 1 saturated heterocycles. The fourth-order valence-corrected chi connectivity index (χ4v) is 3.29. The average Bonchev–Trinajstić information content (AvgIpc) is 2.60. The summed E-state index contributed by atoms with van der Waals surface area (Å²) >= 11 is 12.3. The number of halogens is 2. The quantitative estimate of drug-likeness (QED) is 0.896. The Bertz CT molecular complexity index is 721. The monoisotopic (exact) mass is 366 g/mol. The van der Waals surface area contributed by atoms with Crippen molar-refractivity contribution >= 4 is 35.0 Å². The van der Waals surface area contributed by atoms with E-state index >= 15 is 0 Å². The normalized spacial score (nSPS) is 16.8. The minimum absolute atomic E-state index is 0.294. The van der Waals surface area contributed by atoms with Crippen LogP contribution in [0, 0.1) is 0 Å². The summed E-state index contributed by atoms with van der Waals surface area (Å²) in [5.41, 5.74) is 0.518. The van der Waals surface area contributed by atoms with Gasteiger partial charge in [-0.1, -0.05) is 35.3 Å². The van der Waals surface area contributed by atoms with E-state index in [2.05, 4.69) is 14.9 Å². The van der Waals surface area contributed by atoms with E-state index in [1.165, 1.54) is 0 Å². The minimum atomic E-state index is -0.938. The molecule has 0 aliphatic carbocycles. The van der Waals surface area contributed by atoms with Gasteiger partial charge in [0.2, 0.25) is 0 Å². The van der Waals surface area contributed by atoms with Crippen LogP contribution in [0.5, 0.6) is 0 Å². The first-order chi connectivity index (χ1) is 11.6. The van der Waals surface area contributed by atoms with Crippen LogP contribution in [-0.4, -0.2) is 52.1 Å². The van der Waals surface area contributed by atoms with Gasteiger partial charge < -0.3 is 10.0 Å². The van der Waals surface area contributed by atoms with Gasteiger partial charge in [-0.15, -0.1) is 0 Å². The summed E-state index contributed by atoms with van der Waals surface area (Å²) in [4.78, 5) is 24.2. The molecule has 3 rings (SSSR count). The molecule has 1 aliphatic heterocycles. The number of hydrogen-bond acceptors (Lipinski definition) is 5. The highest BCUT2D eigenvalue weighted by atomic mass is 35.5. The van der Waals surface area contributed by atoms with Crippen molar-refractivity contribution in [2.24, 2.45) is 0 Å². The lowest BCUT2D eigenvalue weighted by atomic mass is 10.0. The summed E-state index contributed by atoms with van der Waals surface area (Å²) in [5.74, 6) is -0.142. The molecular weight excluding hydrogens is 351 g/mol. The molecule has 1 fully saturated rings. The Balaban J connectivity index is 1.77. The van der Waals surface area contributed by atoms with Crippen LogP contribution >= 0.6 is 23.2 Å². The molecule has 1 aromatic carbocycles. The number of carbonyl (C=O) groups is 1. The summed E-state index contributed by atoms with van der Waals surface area (Å²) in [6.45, 7) is 2.49. The maximum atomic E-state index is 11.8. The minimum Gasteiger partial charge on any atom is -0.480 e. The third kappa shape index (κ3) is 3.45. The van der Waals surface area contributed by atoms with Crippen LogP contribution in [0.1, 0.15) is 11.6 Å². The van der Waals surface area contributed by atoms with Crippen molar-refractivity contribution in [1.82, 2.24) is 14.9 Å². The van der Waals surface area contributed by atoms with Crippen LogP contribution in [-0.2, 0) is 4.79 Å². The maximum Gasteiger partial charge on any atom is 0.325 e. The number of hydrogen-bond donors (Lipinski definition) is 1. The fourth-order valence-electron chi connectivity index (χ4n) is 2.88. The Morgan fingerprint density at radius 1 is 1.17 bits per heavy atom. The van der Waals surface area contributed by atoms with Gasteiger partial charge in [-0.25, -0.2) is 4.98 Å². The lowest BCUT2D eigenvalue weighted by molar-refractivity contribution is -0.143. The third-order valence-electron chi connectivity index (χ3n) is 4.06. The van der Waals surface area contributed by atoms with Crippen molar-refractivity contribution in [3.8, 4) is 0 Å². The molecule has 1 aliphatic rings. The van der Waals surface area contributed by atoms with E-state index in [1.54, 1.807) is 36.8 Å². The second kappa shape index (κ2) is 7.34. The molecule has 0 saturated carbocycles. The van der Waals surface area contributed by atoms with Gasteiger partial charge in [0.25, 0.3) is 0 Å². The Morgan fingerprint density at radius 3 is 2.54 bits per heavy atom. The Labute approximate surface area is 149 Å². The number of rotatable bonds is 4. The summed E-state index contributed by atoms with van der Waals surface area (Å²) < 4.78 is 0. The number of aliphatic carboxylic acids is 1. The van der Waals surface area contributed by atoms with E-state index < -0.39 is 12.0 Å². The molecule has 1 N–H and O–H groups in total. The van der Waals surface area contributed by atoms with E-state index in [4.69, 9.17) is 23.2 Å². The highest BCUT2D eigenvalue weighted by molar-refractivity contribution is 6.42. The number of benzene rings is 1. The summed E-state index contributed by atoms with van der Waals surface area (Å²) in [7, 11) is 0. The summed E-state index contributed by atoms with van der Waals surface area (Å²) in [6.07, 6.45) is 4.98. The van der Waals surface area contributed by atoms with Crippen LogP contribution in [0.2, 0.25) is 10.0 Å². The largest absolute Gasteiger partial charge is 0.480 e. The zero-order valence-electron chi connectivity index (χ0n) is 12.8. The standard InChI is InChI=1S/C16H16Cl2N4O2/c17-12-3-1-2-11(14(12)18)15(16(23)24)22-8-6-21(7-9-22)13-10-19-4-5-20-13/h1-5,10,15H,6-9H2,(H,23,24). The first kappa shape index (κ1) is 17.0. The van der Waals surface area contributed by atoms with E-state index in [1.807, 2.05) is 4.90 Å². The van der Waals surface area contributed by atoms with Crippen molar-refractivity contribution in [2.75, 3.05) is 31.1 Å². The highest BCUT2D eigenvalue weighted by Gasteiger charge is 2.32. The highest BCUT2D eigenvalue weighted by Crippen LogP contribution is 2.33. The lowest BCUT2D eigenvalue weighted by Gasteiger charge is -2.38. The van der Waals surface area contributed by atoms with Crippen LogP contribution in [0.4, 0.5) is 5.82 Å². The van der Waals surface area contributed by atoms with Gasteiger partial charge in [0.15, 0.2) is 0 Å². The van der Waals surface area contributed by atoms with Gasteiger partial charge in [0.1, 0.15) is 11.9 Å². The molecular formula is C16H16Cl2N4O2. The number of anilines is 1. The van der Waals surface area contributed by atoms with Crippen molar-refractivity contribution in [3.05, 3.63) is 52.4 Å². The molecule has 0 amide bonds. The summed E-state index contributed by atoms with van der Waals surface area (Å²) in [5, 5.41) is 10.4. The second-order valence-corrected chi connectivity index (χ2v) is 6.26. The number of piperazine rings is 1. The predicted octanol–water partition coefficient (Wildman–Crippen LogP) is 2.73. The van der Waals surface area contributed by atoms with Crippen molar-refractivity contribution in [2.45, 2.75) is 6.04 Å². The Morgan fingerprint density at radius 2 is 1.92 bits per heavy atom. The molecule has 0 spiro atoms. The van der Waals surface area contributed by atoms with Gasteiger partial charge in [-0.2, -0.15) is 0 Å². The zero-order chi connectivity index (χ0) is 17.1. The Hall–Kier alpha value is -1.89. The predicted molar refractivity (Wildman–Crippen MR) is 92.7 cm³/mol. The van der Waals surface area contributed by atoms with Crippen molar-refractivity contribution < 1.29 is 9.90 Å². The Kier molecular flexibility index (Phi) is 5.18. The zero-order valence-corrected chi connectivity index (χ0v) is 14.3. The molecule has 24 heavy (non-hydrogen) atoms. The molecule has 2 heterocycles. The van der Waals surface area contributed by atoms with Gasteiger partial charge >= 0.3 is 5.97 Å². The third-order valence-corrected chi connectivity index (χ3v) is 4.90. The molecule has 1 atom stereocenters. The molecule has 0 bridgehead atoms. The first-order valence-electron chi connectivity index (χ1n) is 7.49. The van der Waals surface area contributed by atoms with Gasteiger partial charge in [0.05, 0.1) is 16.2 Å². The molecule has 6 nitrogen and oxygen atoms in total. The van der Waals surface area contributed by atoms with Crippen molar-refractivity contribution in [1.29, 1.82) is 0 Å². The van der Waals surface area contributed by atoms with Crippen LogP contribution in [0.15, 0.2) is 36.8 Å². The van der Waals surface area contributed by atoms with Crippen LogP contribution in [0.3, 0.4) is 0 Å². The van der Waals surface area contributed by atoms with Crippen LogP contribution in [0.25, 0.3) is 0 Å². The average molecular weight is 367 g/mol. The first-order valence-corrected chi connectivity index (χ1v) is 8.25. The fraction of sp³-hybridized carbons (Fsp3) is 0.312. The van der Waals surface area contributed by atoms with Crippen LogP contribution < -0.4 is 4.90 Å². The molecule has 126 valence electrons. The molecule has 0 radical (unpaired) electrons. The molecule has 1 unspecified atom stereocenters. The summed E-state index contributed by atoms with van der Waals surface area (Å²) in [6, 6.07) is 4.26. The second-order valence-electron chi connectivity index (χ2n) is 5.47. The van der Waals surface area contributed by atoms with E-state index in [0.717, 1.165) is 5.82 Å². The van der Waals surface area contributed by atoms with Gasteiger partial charge in [-0.3, -0.25) is 14.7 Å². The van der Waals surface area contributed by atoms with E-state index in [9.17, 15) is 9.90 Å². The molecule has 2 aromatic rings. The topological polar surface area (TPSA) is 69.6 Å².